The first-order valence-corrected chi connectivity index (χ1v) is 6.65. The average molecular weight is 263 g/mol. The highest BCUT2D eigenvalue weighted by Gasteiger charge is 2.33. The monoisotopic (exact) mass is 263 g/mol. The van der Waals surface area contributed by atoms with E-state index in [4.69, 9.17) is 4.74 Å². The van der Waals surface area contributed by atoms with Crippen molar-refractivity contribution in [1.82, 2.24) is 5.32 Å². The van der Waals surface area contributed by atoms with E-state index in [1.54, 1.807) is 0 Å². The SMILES string of the molecule is Cc1ccc(C(=O)NC2(CO)CCOCC2)cc1C. The van der Waals surface area contributed by atoms with E-state index in [1.807, 2.05) is 32.0 Å². The summed E-state index contributed by atoms with van der Waals surface area (Å²) in [6.07, 6.45) is 1.31. The lowest BCUT2D eigenvalue weighted by Crippen LogP contribution is -2.54. The van der Waals surface area contributed by atoms with Crippen molar-refractivity contribution < 1.29 is 14.6 Å². The number of ether oxygens (including phenoxy) is 1. The Morgan fingerprint density at radius 1 is 1.32 bits per heavy atom. The van der Waals surface area contributed by atoms with Crippen molar-refractivity contribution in [2.24, 2.45) is 0 Å². The van der Waals surface area contributed by atoms with Crippen molar-refractivity contribution in [3.8, 4) is 0 Å². The predicted molar refractivity (Wildman–Crippen MR) is 73.3 cm³/mol. The number of nitrogens with one attached hydrogen (secondary N) is 1. The van der Waals surface area contributed by atoms with Gasteiger partial charge >= 0.3 is 0 Å². The lowest BCUT2D eigenvalue weighted by atomic mass is 9.90. The first kappa shape index (κ1) is 14.0. The maximum Gasteiger partial charge on any atom is 0.251 e. The van der Waals surface area contributed by atoms with Crippen LogP contribution in [0.3, 0.4) is 0 Å². The minimum absolute atomic E-state index is 0.0487. The fraction of sp³-hybridized carbons (Fsp3) is 0.533. The van der Waals surface area contributed by atoms with Crippen molar-refractivity contribution in [3.05, 3.63) is 34.9 Å². The van der Waals surface area contributed by atoms with Gasteiger partial charge in [0.1, 0.15) is 0 Å². The molecule has 1 aliphatic heterocycles. The molecule has 1 heterocycles. The fourth-order valence-electron chi connectivity index (χ4n) is 2.28. The number of rotatable bonds is 3. The topological polar surface area (TPSA) is 58.6 Å². The molecule has 0 unspecified atom stereocenters. The van der Waals surface area contributed by atoms with Crippen LogP contribution >= 0.6 is 0 Å². The standard InChI is InChI=1S/C15H21NO3/c1-11-3-4-13(9-12(11)2)14(18)16-15(10-17)5-7-19-8-6-15/h3-4,9,17H,5-8,10H2,1-2H3,(H,16,18). The summed E-state index contributed by atoms with van der Waals surface area (Å²) in [6, 6.07) is 5.65. The van der Waals surface area contributed by atoms with Crippen molar-refractivity contribution >= 4 is 5.91 Å². The minimum atomic E-state index is -0.534. The van der Waals surface area contributed by atoms with Gasteiger partial charge < -0.3 is 15.2 Å². The van der Waals surface area contributed by atoms with E-state index < -0.39 is 5.54 Å². The zero-order valence-electron chi connectivity index (χ0n) is 11.5. The Morgan fingerprint density at radius 3 is 2.58 bits per heavy atom. The number of hydrogen-bond acceptors (Lipinski definition) is 3. The van der Waals surface area contributed by atoms with Gasteiger partial charge in [0.2, 0.25) is 0 Å². The number of aryl methyl sites for hydroxylation is 2. The summed E-state index contributed by atoms with van der Waals surface area (Å²) >= 11 is 0. The van der Waals surface area contributed by atoms with Gasteiger partial charge in [0.05, 0.1) is 12.1 Å². The summed E-state index contributed by atoms with van der Waals surface area (Å²) in [5.74, 6) is -0.126. The van der Waals surface area contributed by atoms with Gasteiger partial charge in [0, 0.05) is 18.8 Å². The second-order valence-electron chi connectivity index (χ2n) is 5.30. The maximum absolute atomic E-state index is 12.3. The average Bonchev–Trinajstić information content (AvgIpc) is 2.43. The Balaban J connectivity index is 2.12. The third-order valence-electron chi connectivity index (χ3n) is 3.90. The summed E-state index contributed by atoms with van der Waals surface area (Å²) in [7, 11) is 0. The molecule has 0 aromatic heterocycles. The van der Waals surface area contributed by atoms with E-state index in [0.717, 1.165) is 5.56 Å². The zero-order valence-corrected chi connectivity index (χ0v) is 11.5. The van der Waals surface area contributed by atoms with Crippen LogP contribution in [0.4, 0.5) is 0 Å². The van der Waals surface area contributed by atoms with Gasteiger partial charge in [-0.25, -0.2) is 0 Å². The fourth-order valence-corrected chi connectivity index (χ4v) is 2.28. The van der Waals surface area contributed by atoms with E-state index in [1.165, 1.54) is 5.56 Å². The van der Waals surface area contributed by atoms with E-state index in [2.05, 4.69) is 5.32 Å². The molecule has 0 saturated carbocycles. The van der Waals surface area contributed by atoms with Crippen LogP contribution in [0.15, 0.2) is 18.2 Å². The molecule has 1 aromatic rings. The molecular weight excluding hydrogens is 242 g/mol. The van der Waals surface area contributed by atoms with Crippen LogP contribution in [0.1, 0.15) is 34.3 Å². The minimum Gasteiger partial charge on any atom is -0.394 e. The molecule has 1 saturated heterocycles. The Labute approximate surface area is 113 Å². The van der Waals surface area contributed by atoms with Crippen LogP contribution in [-0.2, 0) is 4.74 Å². The first-order chi connectivity index (χ1) is 9.06. The van der Waals surface area contributed by atoms with Gasteiger partial charge in [-0.3, -0.25) is 4.79 Å². The van der Waals surface area contributed by atoms with Gasteiger partial charge in [-0.15, -0.1) is 0 Å². The summed E-state index contributed by atoms with van der Waals surface area (Å²) in [5.41, 5.74) is 2.37. The van der Waals surface area contributed by atoms with E-state index >= 15 is 0 Å². The molecule has 1 fully saturated rings. The number of amides is 1. The van der Waals surface area contributed by atoms with Crippen molar-refractivity contribution in [1.29, 1.82) is 0 Å². The predicted octanol–water partition coefficient (Wildman–Crippen LogP) is 1.57. The lowest BCUT2D eigenvalue weighted by Gasteiger charge is -2.36. The van der Waals surface area contributed by atoms with Crippen LogP contribution in [0.2, 0.25) is 0 Å². The van der Waals surface area contributed by atoms with Crippen LogP contribution in [-0.4, -0.2) is 36.4 Å². The number of benzene rings is 1. The Kier molecular flexibility index (Phi) is 4.22. The molecule has 4 heteroatoms. The molecule has 1 aromatic carbocycles. The van der Waals surface area contributed by atoms with Gasteiger partial charge in [-0.05, 0) is 49.9 Å². The van der Waals surface area contributed by atoms with Crippen LogP contribution < -0.4 is 5.32 Å². The molecule has 1 aliphatic rings. The molecule has 0 bridgehead atoms. The molecule has 0 radical (unpaired) electrons. The summed E-state index contributed by atoms with van der Waals surface area (Å²) in [6.45, 7) is 5.11. The highest BCUT2D eigenvalue weighted by molar-refractivity contribution is 5.95. The third-order valence-corrected chi connectivity index (χ3v) is 3.90. The molecule has 1 amide bonds. The summed E-state index contributed by atoms with van der Waals surface area (Å²) in [4.78, 5) is 12.3. The molecule has 2 N–H and O–H groups in total. The van der Waals surface area contributed by atoms with Gasteiger partial charge in [0.25, 0.3) is 5.91 Å². The van der Waals surface area contributed by atoms with Crippen molar-refractivity contribution in [2.75, 3.05) is 19.8 Å². The first-order valence-electron chi connectivity index (χ1n) is 6.65. The number of carbonyl (C=O) groups excluding carboxylic acids is 1. The largest absolute Gasteiger partial charge is 0.394 e. The molecule has 19 heavy (non-hydrogen) atoms. The lowest BCUT2D eigenvalue weighted by molar-refractivity contribution is 0.0125. The number of carbonyl (C=O) groups is 1. The molecule has 0 aliphatic carbocycles. The maximum atomic E-state index is 12.3. The molecule has 2 rings (SSSR count). The second kappa shape index (κ2) is 5.72. The Hall–Kier alpha value is -1.39. The Bertz CT molecular complexity index is 464. The third kappa shape index (κ3) is 3.14. The van der Waals surface area contributed by atoms with Crippen LogP contribution in [0.25, 0.3) is 0 Å². The normalized spacial score (nSPS) is 18.1. The van der Waals surface area contributed by atoms with Crippen LogP contribution in [0.5, 0.6) is 0 Å². The van der Waals surface area contributed by atoms with E-state index in [0.29, 0.717) is 31.6 Å². The van der Waals surface area contributed by atoms with Gasteiger partial charge in [-0.1, -0.05) is 6.07 Å². The Morgan fingerprint density at radius 2 is 2.00 bits per heavy atom. The van der Waals surface area contributed by atoms with Gasteiger partial charge in [-0.2, -0.15) is 0 Å². The molecular formula is C15H21NO3. The van der Waals surface area contributed by atoms with Crippen molar-refractivity contribution in [2.45, 2.75) is 32.2 Å². The number of aliphatic hydroxyl groups excluding tert-OH is 1. The number of hydrogen-bond donors (Lipinski definition) is 2. The zero-order chi connectivity index (χ0) is 13.9. The highest BCUT2D eigenvalue weighted by atomic mass is 16.5. The molecule has 104 valence electrons. The quantitative estimate of drug-likeness (QED) is 0.870. The van der Waals surface area contributed by atoms with E-state index in [-0.39, 0.29) is 12.5 Å². The highest BCUT2D eigenvalue weighted by Crippen LogP contribution is 2.21. The van der Waals surface area contributed by atoms with Gasteiger partial charge in [0.15, 0.2) is 0 Å². The van der Waals surface area contributed by atoms with Crippen molar-refractivity contribution in [3.63, 3.8) is 0 Å². The molecule has 0 spiro atoms. The smallest absolute Gasteiger partial charge is 0.251 e. The summed E-state index contributed by atoms with van der Waals surface area (Å²) in [5, 5.41) is 12.5. The van der Waals surface area contributed by atoms with Crippen LogP contribution in [0, 0.1) is 13.8 Å². The molecule has 0 atom stereocenters. The molecule has 4 nitrogen and oxygen atoms in total. The second-order valence-corrected chi connectivity index (χ2v) is 5.30. The summed E-state index contributed by atoms with van der Waals surface area (Å²) < 4.78 is 5.29. The van der Waals surface area contributed by atoms with E-state index in [9.17, 15) is 9.90 Å². The number of aliphatic hydroxyl groups is 1.